The predicted molar refractivity (Wildman–Crippen MR) is 53.6 cm³/mol. The van der Waals surface area contributed by atoms with E-state index in [1.165, 1.54) is 7.11 Å². The van der Waals surface area contributed by atoms with Gasteiger partial charge < -0.3 is 10.5 Å². The van der Waals surface area contributed by atoms with Crippen LogP contribution >= 0.6 is 11.6 Å². The van der Waals surface area contributed by atoms with Gasteiger partial charge in [-0.1, -0.05) is 11.6 Å². The van der Waals surface area contributed by atoms with E-state index in [1.807, 2.05) is 0 Å². The van der Waals surface area contributed by atoms with E-state index in [2.05, 4.69) is 4.98 Å². The Labute approximate surface area is 95.4 Å². The number of hydrogen-bond donors (Lipinski definition) is 1. The number of rotatable bonds is 3. The first-order chi connectivity index (χ1) is 7.40. The van der Waals surface area contributed by atoms with Crippen LogP contribution in [0.4, 0.5) is 13.2 Å². The Morgan fingerprint density at radius 3 is 2.62 bits per heavy atom. The predicted octanol–water partition coefficient (Wildman–Crippen LogP) is 2.35. The summed E-state index contributed by atoms with van der Waals surface area (Å²) in [5.74, 6) is -1.74. The van der Waals surface area contributed by atoms with E-state index in [0.29, 0.717) is 0 Å². The maximum Gasteiger partial charge on any atom is 0.397 e. The van der Waals surface area contributed by atoms with Gasteiger partial charge in [-0.15, -0.1) is 0 Å². The van der Waals surface area contributed by atoms with E-state index in [4.69, 9.17) is 22.1 Å². The van der Waals surface area contributed by atoms with Crippen LogP contribution in [0.1, 0.15) is 11.5 Å². The minimum atomic E-state index is -4.44. The first-order valence-electron chi connectivity index (χ1n) is 4.36. The van der Waals surface area contributed by atoms with E-state index >= 15 is 0 Å². The summed E-state index contributed by atoms with van der Waals surface area (Å²) in [4.78, 5) is 3.69. The third-order valence-electron chi connectivity index (χ3n) is 2.08. The lowest BCUT2D eigenvalue weighted by Gasteiger charge is -2.20. The highest BCUT2D eigenvalue weighted by atomic mass is 35.5. The molecule has 1 aromatic rings. The molecule has 0 saturated carbocycles. The molecule has 0 saturated heterocycles. The highest BCUT2D eigenvalue weighted by Crippen LogP contribution is 2.37. The molecule has 0 aromatic carbocycles. The molecule has 1 unspecified atom stereocenters. The van der Waals surface area contributed by atoms with Crippen molar-refractivity contribution in [2.75, 3.05) is 13.7 Å². The third kappa shape index (κ3) is 2.76. The molecule has 0 radical (unpaired) electrons. The van der Waals surface area contributed by atoms with Gasteiger partial charge in [-0.05, 0) is 5.56 Å². The lowest BCUT2D eigenvalue weighted by atomic mass is 10.00. The second-order valence-electron chi connectivity index (χ2n) is 3.08. The van der Waals surface area contributed by atoms with Crippen LogP contribution in [0, 0.1) is 0 Å². The fraction of sp³-hybridized carbons (Fsp3) is 0.444. The number of pyridine rings is 1. The molecule has 0 spiro atoms. The summed E-state index contributed by atoms with van der Waals surface area (Å²) in [7, 11) is 1.31. The first-order valence-corrected chi connectivity index (χ1v) is 4.74. The molecule has 0 amide bonds. The monoisotopic (exact) mass is 254 g/mol. The average Bonchev–Trinajstić information content (AvgIpc) is 2.20. The smallest absolute Gasteiger partial charge is 0.397 e. The van der Waals surface area contributed by atoms with Gasteiger partial charge in [0.25, 0.3) is 0 Å². The number of methoxy groups -OCH3 is 1. The Kier molecular flexibility index (Phi) is 3.98. The molecule has 90 valence electrons. The van der Waals surface area contributed by atoms with Crippen LogP contribution in [0.2, 0.25) is 5.02 Å². The standard InChI is InChI=1S/C9H10ClF3N2O/c1-16-8-2-5(7(10)4-15-8)6(3-14)9(11,12)13/h2,4,6H,3,14H2,1H3. The summed E-state index contributed by atoms with van der Waals surface area (Å²) >= 11 is 5.66. The number of aromatic nitrogens is 1. The normalized spacial score (nSPS) is 13.6. The van der Waals surface area contributed by atoms with Crippen LogP contribution < -0.4 is 10.5 Å². The quantitative estimate of drug-likeness (QED) is 0.901. The highest BCUT2D eigenvalue weighted by Gasteiger charge is 2.41. The van der Waals surface area contributed by atoms with Crippen molar-refractivity contribution in [2.45, 2.75) is 12.1 Å². The van der Waals surface area contributed by atoms with Gasteiger partial charge in [-0.25, -0.2) is 4.98 Å². The Hall–Kier alpha value is -1.01. The fourth-order valence-corrected chi connectivity index (χ4v) is 1.48. The molecule has 1 rings (SSSR count). The number of ether oxygens (including phenoxy) is 1. The van der Waals surface area contributed by atoms with Gasteiger partial charge in [0.15, 0.2) is 0 Å². The number of halogens is 4. The largest absolute Gasteiger partial charge is 0.481 e. The second-order valence-corrected chi connectivity index (χ2v) is 3.49. The summed E-state index contributed by atoms with van der Waals surface area (Å²) in [5.41, 5.74) is 4.99. The SMILES string of the molecule is COc1cc(C(CN)C(F)(F)F)c(Cl)cn1. The van der Waals surface area contributed by atoms with Crippen LogP contribution in [0.15, 0.2) is 12.3 Å². The van der Waals surface area contributed by atoms with Gasteiger partial charge in [0.05, 0.1) is 18.1 Å². The van der Waals surface area contributed by atoms with E-state index < -0.39 is 18.6 Å². The molecule has 0 aliphatic carbocycles. The highest BCUT2D eigenvalue weighted by molar-refractivity contribution is 6.31. The van der Waals surface area contributed by atoms with E-state index in [0.717, 1.165) is 12.3 Å². The topological polar surface area (TPSA) is 48.1 Å². The van der Waals surface area contributed by atoms with E-state index in [-0.39, 0.29) is 16.5 Å². The molecule has 1 heterocycles. The number of alkyl halides is 3. The van der Waals surface area contributed by atoms with Crippen molar-refractivity contribution in [3.8, 4) is 5.88 Å². The number of nitrogens with zero attached hydrogens (tertiary/aromatic N) is 1. The van der Waals surface area contributed by atoms with Crippen LogP contribution in [0.25, 0.3) is 0 Å². The van der Waals surface area contributed by atoms with Crippen molar-refractivity contribution in [1.82, 2.24) is 4.98 Å². The average molecular weight is 255 g/mol. The van der Waals surface area contributed by atoms with Crippen LogP contribution in [0.3, 0.4) is 0 Å². The zero-order valence-electron chi connectivity index (χ0n) is 8.38. The Balaban J connectivity index is 3.18. The Morgan fingerprint density at radius 1 is 1.56 bits per heavy atom. The van der Waals surface area contributed by atoms with Crippen LogP contribution in [-0.2, 0) is 0 Å². The maximum absolute atomic E-state index is 12.6. The van der Waals surface area contributed by atoms with Crippen molar-refractivity contribution in [3.05, 3.63) is 22.8 Å². The van der Waals surface area contributed by atoms with Crippen molar-refractivity contribution >= 4 is 11.6 Å². The zero-order chi connectivity index (χ0) is 12.3. The van der Waals surface area contributed by atoms with Gasteiger partial charge in [-0.3, -0.25) is 0 Å². The Bertz CT molecular complexity index is 370. The molecule has 7 heteroatoms. The lowest BCUT2D eigenvalue weighted by molar-refractivity contribution is -0.148. The van der Waals surface area contributed by atoms with Gasteiger partial charge in [0.1, 0.15) is 0 Å². The molecule has 0 aliphatic rings. The summed E-state index contributed by atoms with van der Waals surface area (Å²) < 4.78 is 42.6. The Morgan fingerprint density at radius 2 is 2.19 bits per heavy atom. The molecule has 16 heavy (non-hydrogen) atoms. The summed E-state index contributed by atoms with van der Waals surface area (Å²) in [5, 5.41) is -0.0754. The molecule has 2 N–H and O–H groups in total. The van der Waals surface area contributed by atoms with Crippen molar-refractivity contribution < 1.29 is 17.9 Å². The summed E-state index contributed by atoms with van der Waals surface area (Å²) in [6, 6.07) is 1.15. The fourth-order valence-electron chi connectivity index (χ4n) is 1.25. The molecule has 3 nitrogen and oxygen atoms in total. The van der Waals surface area contributed by atoms with Gasteiger partial charge in [0, 0.05) is 18.8 Å². The second kappa shape index (κ2) is 4.88. The van der Waals surface area contributed by atoms with E-state index in [1.54, 1.807) is 0 Å². The van der Waals surface area contributed by atoms with Crippen molar-refractivity contribution in [2.24, 2.45) is 5.73 Å². The van der Waals surface area contributed by atoms with Crippen LogP contribution in [-0.4, -0.2) is 24.8 Å². The van der Waals surface area contributed by atoms with Crippen molar-refractivity contribution in [1.29, 1.82) is 0 Å². The maximum atomic E-state index is 12.6. The molecule has 1 aromatic heterocycles. The first kappa shape index (κ1) is 13.1. The van der Waals surface area contributed by atoms with Crippen LogP contribution in [0.5, 0.6) is 5.88 Å². The number of nitrogens with two attached hydrogens (primary N) is 1. The van der Waals surface area contributed by atoms with Gasteiger partial charge >= 0.3 is 6.18 Å². The van der Waals surface area contributed by atoms with Gasteiger partial charge in [0.2, 0.25) is 5.88 Å². The minimum absolute atomic E-state index is 0.0714. The minimum Gasteiger partial charge on any atom is -0.481 e. The lowest BCUT2D eigenvalue weighted by Crippen LogP contribution is -2.28. The zero-order valence-corrected chi connectivity index (χ0v) is 9.14. The van der Waals surface area contributed by atoms with Gasteiger partial charge in [-0.2, -0.15) is 13.2 Å². The molecule has 0 bridgehead atoms. The third-order valence-corrected chi connectivity index (χ3v) is 2.39. The molecule has 0 fully saturated rings. The molecular formula is C9H10ClF3N2O. The number of hydrogen-bond acceptors (Lipinski definition) is 3. The molecule has 0 aliphatic heterocycles. The van der Waals surface area contributed by atoms with Crippen molar-refractivity contribution in [3.63, 3.8) is 0 Å². The van der Waals surface area contributed by atoms with E-state index in [9.17, 15) is 13.2 Å². The summed E-state index contributed by atoms with van der Waals surface area (Å²) in [6.07, 6.45) is -3.32. The molecular weight excluding hydrogens is 245 g/mol. The summed E-state index contributed by atoms with van der Waals surface area (Å²) in [6.45, 7) is -0.573. The molecule has 1 atom stereocenters.